The zero-order chi connectivity index (χ0) is 19.5. The molecule has 5 nitrogen and oxygen atoms in total. The van der Waals surface area contributed by atoms with E-state index in [0.717, 1.165) is 32.6 Å². The fraction of sp³-hybridized carbons (Fsp3) is 0.0455. The van der Waals surface area contributed by atoms with Crippen molar-refractivity contribution in [2.45, 2.75) is 0 Å². The average molecular weight is 388 g/mol. The molecule has 0 fully saturated rings. The van der Waals surface area contributed by atoms with Gasteiger partial charge in [0.1, 0.15) is 11.6 Å². The topological polar surface area (TPSA) is 79.3 Å². The molecule has 1 aromatic heterocycles. The molecule has 1 heterocycles. The number of carboxylic acids is 1. The number of benzene rings is 3. The lowest BCUT2D eigenvalue weighted by Crippen LogP contribution is -2.29. The van der Waals surface area contributed by atoms with Crippen LogP contribution in [0.2, 0.25) is 0 Å². The van der Waals surface area contributed by atoms with Gasteiger partial charge in [-0.2, -0.15) is 0 Å². The van der Waals surface area contributed by atoms with Crippen molar-refractivity contribution in [2.24, 2.45) is 0 Å². The molecule has 0 saturated heterocycles. The summed E-state index contributed by atoms with van der Waals surface area (Å²) >= 11 is 1.57. The molecule has 6 heteroatoms. The highest BCUT2D eigenvalue weighted by Crippen LogP contribution is 2.31. The third-order valence-electron chi connectivity index (χ3n) is 4.32. The van der Waals surface area contributed by atoms with Crippen molar-refractivity contribution < 1.29 is 14.7 Å². The summed E-state index contributed by atoms with van der Waals surface area (Å²) in [7, 11) is 0. The molecular weight excluding hydrogens is 372 g/mol. The highest BCUT2D eigenvalue weighted by atomic mass is 32.1. The summed E-state index contributed by atoms with van der Waals surface area (Å²) in [6, 6.07) is 21.3. The molecule has 1 amide bonds. The first kappa shape index (κ1) is 17.9. The minimum atomic E-state index is -1.07. The van der Waals surface area contributed by atoms with Gasteiger partial charge in [0.15, 0.2) is 0 Å². The molecule has 0 radical (unpaired) electrons. The first-order valence-corrected chi connectivity index (χ1v) is 9.53. The van der Waals surface area contributed by atoms with Crippen LogP contribution in [0.15, 0.2) is 72.1 Å². The van der Waals surface area contributed by atoms with Crippen molar-refractivity contribution in [1.29, 1.82) is 0 Å². The molecular formula is C22H16N2O3S. The van der Waals surface area contributed by atoms with Gasteiger partial charge in [-0.05, 0) is 29.0 Å². The molecule has 138 valence electrons. The van der Waals surface area contributed by atoms with Crippen molar-refractivity contribution in [3.8, 4) is 21.8 Å². The van der Waals surface area contributed by atoms with E-state index >= 15 is 0 Å². The quantitative estimate of drug-likeness (QED) is 0.530. The van der Waals surface area contributed by atoms with Gasteiger partial charge < -0.3 is 10.4 Å². The summed E-state index contributed by atoms with van der Waals surface area (Å²) in [6.07, 6.45) is 0. The summed E-state index contributed by atoms with van der Waals surface area (Å²) in [5.41, 5.74) is 3.41. The van der Waals surface area contributed by atoms with Crippen LogP contribution < -0.4 is 5.32 Å². The van der Waals surface area contributed by atoms with E-state index in [2.05, 4.69) is 5.32 Å². The summed E-state index contributed by atoms with van der Waals surface area (Å²) in [5.74, 6) is -1.48. The van der Waals surface area contributed by atoms with Crippen LogP contribution in [-0.4, -0.2) is 28.5 Å². The molecule has 4 aromatic rings. The normalized spacial score (nSPS) is 10.7. The Morgan fingerprint density at radius 1 is 0.929 bits per heavy atom. The molecule has 3 aromatic carbocycles. The number of rotatable bonds is 5. The van der Waals surface area contributed by atoms with Crippen molar-refractivity contribution in [3.63, 3.8) is 0 Å². The Labute approximate surface area is 165 Å². The number of aliphatic carboxylic acids is 1. The molecule has 0 atom stereocenters. The van der Waals surface area contributed by atoms with Gasteiger partial charge in [-0.3, -0.25) is 9.59 Å². The summed E-state index contributed by atoms with van der Waals surface area (Å²) < 4.78 is 0. The van der Waals surface area contributed by atoms with Crippen molar-refractivity contribution in [3.05, 3.63) is 77.7 Å². The molecule has 28 heavy (non-hydrogen) atoms. The van der Waals surface area contributed by atoms with Crippen LogP contribution >= 0.6 is 11.3 Å². The van der Waals surface area contributed by atoms with Crippen LogP contribution in [0.1, 0.15) is 10.4 Å². The highest BCUT2D eigenvalue weighted by Gasteiger charge is 2.10. The van der Waals surface area contributed by atoms with Crippen LogP contribution in [0.3, 0.4) is 0 Å². The molecule has 4 rings (SSSR count). The summed E-state index contributed by atoms with van der Waals surface area (Å²) in [5, 5.41) is 15.9. The van der Waals surface area contributed by atoms with Gasteiger partial charge >= 0.3 is 5.97 Å². The maximum Gasteiger partial charge on any atom is 0.322 e. The Kier molecular flexibility index (Phi) is 4.87. The third-order valence-corrected chi connectivity index (χ3v) is 5.21. The van der Waals surface area contributed by atoms with Gasteiger partial charge in [-0.25, -0.2) is 4.98 Å². The van der Waals surface area contributed by atoms with E-state index in [4.69, 9.17) is 10.1 Å². The minimum absolute atomic E-state index is 0.404. The van der Waals surface area contributed by atoms with Gasteiger partial charge in [0, 0.05) is 22.1 Å². The first-order valence-electron chi connectivity index (χ1n) is 8.65. The van der Waals surface area contributed by atoms with Crippen molar-refractivity contribution in [1.82, 2.24) is 10.3 Å². The number of carboxylic acid groups (broad SMARTS) is 1. The van der Waals surface area contributed by atoms with Gasteiger partial charge in [-0.1, -0.05) is 48.5 Å². The van der Waals surface area contributed by atoms with E-state index in [0.29, 0.717) is 5.56 Å². The molecule has 0 unspecified atom stereocenters. The van der Waals surface area contributed by atoms with Gasteiger partial charge in [0.05, 0.1) is 5.69 Å². The number of hydrogen-bond acceptors (Lipinski definition) is 4. The number of hydrogen-bond donors (Lipinski definition) is 2. The molecule has 0 saturated carbocycles. The van der Waals surface area contributed by atoms with Crippen molar-refractivity contribution in [2.75, 3.05) is 6.54 Å². The Morgan fingerprint density at radius 2 is 1.71 bits per heavy atom. The second-order valence-corrected chi connectivity index (χ2v) is 7.12. The minimum Gasteiger partial charge on any atom is -0.480 e. The largest absolute Gasteiger partial charge is 0.480 e. The van der Waals surface area contributed by atoms with Crippen LogP contribution in [0.4, 0.5) is 0 Å². The number of carbonyl (C=O) groups is 2. The predicted octanol–water partition coefficient (Wildman–Crippen LogP) is 4.44. The van der Waals surface area contributed by atoms with E-state index in [1.807, 2.05) is 60.0 Å². The van der Waals surface area contributed by atoms with E-state index in [9.17, 15) is 9.59 Å². The molecule has 0 aliphatic heterocycles. The van der Waals surface area contributed by atoms with Gasteiger partial charge in [-0.15, -0.1) is 11.3 Å². The standard InChI is InChI=1S/C22H16N2O3S/c25-20(26)12-23-21(27)16-8-6-14-7-9-17(11-18(14)10-16)22-24-19(13-28-22)15-4-2-1-3-5-15/h1-11,13H,12H2,(H,23,27)(H,25,26). The number of aromatic nitrogens is 1. The maximum absolute atomic E-state index is 12.1. The Balaban J connectivity index is 1.64. The number of carbonyl (C=O) groups excluding carboxylic acids is 1. The van der Waals surface area contributed by atoms with E-state index in [1.165, 1.54) is 0 Å². The molecule has 0 aliphatic carbocycles. The lowest BCUT2D eigenvalue weighted by atomic mass is 10.0. The van der Waals surface area contributed by atoms with E-state index < -0.39 is 18.4 Å². The summed E-state index contributed by atoms with van der Waals surface area (Å²) in [4.78, 5) is 27.5. The average Bonchev–Trinajstić information content (AvgIpc) is 3.22. The molecule has 0 spiro atoms. The number of nitrogens with one attached hydrogen (secondary N) is 1. The Hall–Kier alpha value is -3.51. The third kappa shape index (κ3) is 3.77. The molecule has 0 bridgehead atoms. The SMILES string of the molecule is O=C(O)CNC(=O)c1ccc2ccc(-c3nc(-c4ccccc4)cs3)cc2c1. The lowest BCUT2D eigenvalue weighted by molar-refractivity contribution is -0.135. The second-order valence-electron chi connectivity index (χ2n) is 6.26. The van der Waals surface area contributed by atoms with E-state index in [1.54, 1.807) is 23.5 Å². The Bertz CT molecular complexity index is 1170. The maximum atomic E-state index is 12.1. The van der Waals surface area contributed by atoms with Crippen LogP contribution in [-0.2, 0) is 4.79 Å². The predicted molar refractivity (Wildman–Crippen MR) is 110 cm³/mol. The molecule has 0 aliphatic rings. The number of thiazole rings is 1. The highest BCUT2D eigenvalue weighted by molar-refractivity contribution is 7.13. The first-order chi connectivity index (χ1) is 13.6. The number of nitrogens with zero attached hydrogens (tertiary/aromatic N) is 1. The lowest BCUT2D eigenvalue weighted by Gasteiger charge is -2.06. The fourth-order valence-electron chi connectivity index (χ4n) is 2.93. The fourth-order valence-corrected chi connectivity index (χ4v) is 3.75. The van der Waals surface area contributed by atoms with Crippen LogP contribution in [0.25, 0.3) is 32.6 Å². The zero-order valence-electron chi connectivity index (χ0n) is 14.8. The monoisotopic (exact) mass is 388 g/mol. The van der Waals surface area contributed by atoms with Crippen LogP contribution in [0, 0.1) is 0 Å². The smallest absolute Gasteiger partial charge is 0.322 e. The van der Waals surface area contributed by atoms with E-state index in [-0.39, 0.29) is 0 Å². The van der Waals surface area contributed by atoms with Crippen LogP contribution in [0.5, 0.6) is 0 Å². The second kappa shape index (κ2) is 7.62. The number of amides is 1. The zero-order valence-corrected chi connectivity index (χ0v) is 15.6. The number of fused-ring (bicyclic) bond motifs is 1. The summed E-state index contributed by atoms with van der Waals surface area (Å²) in [6.45, 7) is -0.404. The van der Waals surface area contributed by atoms with Gasteiger partial charge in [0.2, 0.25) is 0 Å². The van der Waals surface area contributed by atoms with Gasteiger partial charge in [0.25, 0.3) is 5.91 Å². The Morgan fingerprint density at radius 3 is 2.50 bits per heavy atom. The molecule has 2 N–H and O–H groups in total. The van der Waals surface area contributed by atoms with Crippen molar-refractivity contribution >= 4 is 34.0 Å².